The van der Waals surface area contributed by atoms with Gasteiger partial charge < -0.3 is 29.9 Å². The average Bonchev–Trinajstić information content (AvgIpc) is 2.87. The fourth-order valence-corrected chi connectivity index (χ4v) is 3.26. The van der Waals surface area contributed by atoms with Crippen molar-refractivity contribution < 1.29 is 29.3 Å². The SMILES string of the molecule is CCC(C)c1cc(C(=O)N[C@@H]2CN(C(=O)O)CCC[C@H]2O)ccc1OCOC. The number of likely N-dealkylation sites (tertiary alicyclic amines) is 1. The first-order valence-corrected chi connectivity index (χ1v) is 9.59. The van der Waals surface area contributed by atoms with E-state index < -0.39 is 18.2 Å². The van der Waals surface area contributed by atoms with Gasteiger partial charge in [0.05, 0.1) is 12.1 Å². The van der Waals surface area contributed by atoms with Gasteiger partial charge in [0.25, 0.3) is 5.91 Å². The lowest BCUT2D eigenvalue weighted by Gasteiger charge is -2.25. The predicted molar refractivity (Wildman–Crippen MR) is 104 cm³/mol. The minimum absolute atomic E-state index is 0.0650. The summed E-state index contributed by atoms with van der Waals surface area (Å²) in [5, 5.41) is 22.3. The van der Waals surface area contributed by atoms with Crippen molar-refractivity contribution in [2.45, 2.75) is 51.2 Å². The number of rotatable bonds is 7. The number of amides is 2. The van der Waals surface area contributed by atoms with Crippen LogP contribution in [-0.2, 0) is 4.74 Å². The fraction of sp³-hybridized carbons (Fsp3) is 0.600. The second-order valence-electron chi connectivity index (χ2n) is 7.13. The van der Waals surface area contributed by atoms with Gasteiger partial charge in [-0.3, -0.25) is 4.79 Å². The minimum atomic E-state index is -1.05. The van der Waals surface area contributed by atoms with Crippen LogP contribution in [-0.4, -0.2) is 66.3 Å². The van der Waals surface area contributed by atoms with Gasteiger partial charge in [0.15, 0.2) is 6.79 Å². The summed E-state index contributed by atoms with van der Waals surface area (Å²) < 4.78 is 10.6. The molecular weight excluding hydrogens is 364 g/mol. The third-order valence-electron chi connectivity index (χ3n) is 5.14. The lowest BCUT2D eigenvalue weighted by atomic mass is 9.95. The number of hydrogen-bond donors (Lipinski definition) is 3. The van der Waals surface area contributed by atoms with Gasteiger partial charge in [-0.25, -0.2) is 4.79 Å². The van der Waals surface area contributed by atoms with Crippen LogP contribution in [0.2, 0.25) is 0 Å². The van der Waals surface area contributed by atoms with Crippen LogP contribution in [0.25, 0.3) is 0 Å². The van der Waals surface area contributed by atoms with E-state index in [1.807, 2.05) is 0 Å². The molecule has 1 aliphatic heterocycles. The summed E-state index contributed by atoms with van der Waals surface area (Å²) in [6.45, 7) is 4.64. The van der Waals surface area contributed by atoms with Crippen molar-refractivity contribution in [1.82, 2.24) is 10.2 Å². The molecule has 2 amide bonds. The van der Waals surface area contributed by atoms with Crippen LogP contribution in [0.5, 0.6) is 5.75 Å². The van der Waals surface area contributed by atoms with Crippen LogP contribution < -0.4 is 10.1 Å². The summed E-state index contributed by atoms with van der Waals surface area (Å²) in [4.78, 5) is 25.3. The zero-order valence-corrected chi connectivity index (χ0v) is 16.7. The largest absolute Gasteiger partial charge is 0.467 e. The Morgan fingerprint density at radius 1 is 1.39 bits per heavy atom. The summed E-state index contributed by atoms with van der Waals surface area (Å²) in [6.07, 6.45) is 0.0439. The Labute approximate surface area is 165 Å². The fourth-order valence-electron chi connectivity index (χ4n) is 3.26. The highest BCUT2D eigenvalue weighted by Gasteiger charge is 2.29. The lowest BCUT2D eigenvalue weighted by Crippen LogP contribution is -2.49. The number of nitrogens with one attached hydrogen (secondary N) is 1. The van der Waals surface area contributed by atoms with Crippen LogP contribution in [0.15, 0.2) is 18.2 Å². The third kappa shape index (κ3) is 5.59. The first-order valence-electron chi connectivity index (χ1n) is 9.59. The highest BCUT2D eigenvalue weighted by molar-refractivity contribution is 5.95. The topological polar surface area (TPSA) is 108 Å². The first kappa shape index (κ1) is 22.0. The molecule has 1 heterocycles. The Morgan fingerprint density at radius 3 is 2.79 bits per heavy atom. The van der Waals surface area contributed by atoms with Gasteiger partial charge in [-0.15, -0.1) is 0 Å². The van der Waals surface area contributed by atoms with E-state index in [0.717, 1.165) is 12.0 Å². The van der Waals surface area contributed by atoms with E-state index in [0.29, 0.717) is 30.7 Å². The Balaban J connectivity index is 2.19. The van der Waals surface area contributed by atoms with Crippen molar-refractivity contribution in [1.29, 1.82) is 0 Å². The number of benzene rings is 1. The number of carbonyl (C=O) groups is 2. The van der Waals surface area contributed by atoms with E-state index in [9.17, 15) is 19.8 Å². The molecule has 3 atom stereocenters. The molecule has 0 aromatic heterocycles. The Kier molecular flexibility index (Phi) is 8.07. The Bertz CT molecular complexity index is 681. The van der Waals surface area contributed by atoms with Crippen molar-refractivity contribution in [3.8, 4) is 5.75 Å². The molecule has 3 N–H and O–H groups in total. The van der Waals surface area contributed by atoms with Gasteiger partial charge in [-0.2, -0.15) is 0 Å². The summed E-state index contributed by atoms with van der Waals surface area (Å²) >= 11 is 0. The smallest absolute Gasteiger partial charge is 0.407 e. The molecule has 2 rings (SSSR count). The molecule has 156 valence electrons. The third-order valence-corrected chi connectivity index (χ3v) is 5.14. The molecule has 1 aromatic rings. The molecule has 1 saturated heterocycles. The zero-order chi connectivity index (χ0) is 20.7. The van der Waals surface area contributed by atoms with Gasteiger partial charge >= 0.3 is 6.09 Å². The standard InChI is InChI=1S/C20H30N2O6/c1-4-13(2)15-10-14(7-8-18(15)28-12-27-3)19(24)21-16-11-22(20(25)26)9-5-6-17(16)23/h7-8,10,13,16-17,23H,4-6,9,11-12H2,1-3H3,(H,21,24)(H,25,26)/t13?,16-,17-/m1/s1. The quantitative estimate of drug-likeness (QED) is 0.613. The molecule has 1 aliphatic rings. The maximum absolute atomic E-state index is 12.8. The molecule has 0 bridgehead atoms. The second kappa shape index (κ2) is 10.3. The number of aliphatic hydroxyl groups is 1. The molecule has 8 heteroatoms. The van der Waals surface area contributed by atoms with Gasteiger partial charge in [-0.1, -0.05) is 13.8 Å². The molecule has 0 radical (unpaired) electrons. The average molecular weight is 394 g/mol. The van der Waals surface area contributed by atoms with Crippen LogP contribution in [0.3, 0.4) is 0 Å². The van der Waals surface area contributed by atoms with Crippen LogP contribution in [0.4, 0.5) is 4.79 Å². The highest BCUT2D eigenvalue weighted by Crippen LogP contribution is 2.30. The summed E-state index contributed by atoms with van der Waals surface area (Å²) in [7, 11) is 1.54. The monoisotopic (exact) mass is 394 g/mol. The van der Waals surface area contributed by atoms with E-state index in [-0.39, 0.29) is 25.2 Å². The van der Waals surface area contributed by atoms with E-state index in [4.69, 9.17) is 9.47 Å². The maximum atomic E-state index is 12.8. The molecule has 28 heavy (non-hydrogen) atoms. The molecule has 0 saturated carbocycles. The first-order chi connectivity index (χ1) is 13.4. The normalized spacial score (nSPS) is 20.9. The second-order valence-corrected chi connectivity index (χ2v) is 7.13. The van der Waals surface area contributed by atoms with Gasteiger partial charge in [0.2, 0.25) is 0 Å². The number of nitrogens with zero attached hydrogens (tertiary/aromatic N) is 1. The maximum Gasteiger partial charge on any atom is 0.407 e. The molecule has 0 spiro atoms. The van der Waals surface area contributed by atoms with E-state index in [1.165, 1.54) is 4.90 Å². The minimum Gasteiger partial charge on any atom is -0.467 e. The molecular formula is C20H30N2O6. The van der Waals surface area contributed by atoms with Crippen LogP contribution in [0, 0.1) is 0 Å². The zero-order valence-electron chi connectivity index (χ0n) is 16.7. The van der Waals surface area contributed by atoms with Gasteiger partial charge in [0.1, 0.15) is 5.75 Å². The van der Waals surface area contributed by atoms with E-state index >= 15 is 0 Å². The van der Waals surface area contributed by atoms with E-state index in [2.05, 4.69) is 19.2 Å². The molecule has 1 fully saturated rings. The number of hydrogen-bond acceptors (Lipinski definition) is 5. The number of carbonyl (C=O) groups excluding carboxylic acids is 1. The van der Waals surface area contributed by atoms with Gasteiger partial charge in [-0.05, 0) is 48.9 Å². The number of methoxy groups -OCH3 is 1. The van der Waals surface area contributed by atoms with Crippen LogP contribution in [0.1, 0.15) is 54.9 Å². The van der Waals surface area contributed by atoms with Crippen molar-refractivity contribution in [3.05, 3.63) is 29.3 Å². The number of carboxylic acid groups (broad SMARTS) is 1. The van der Waals surface area contributed by atoms with Crippen molar-refractivity contribution in [2.75, 3.05) is 27.0 Å². The van der Waals surface area contributed by atoms with Crippen molar-refractivity contribution >= 4 is 12.0 Å². The highest BCUT2D eigenvalue weighted by atomic mass is 16.7. The Hall–Kier alpha value is -2.32. The molecule has 1 aromatic carbocycles. The molecule has 0 aliphatic carbocycles. The van der Waals surface area contributed by atoms with E-state index in [1.54, 1.807) is 25.3 Å². The van der Waals surface area contributed by atoms with Crippen molar-refractivity contribution in [3.63, 3.8) is 0 Å². The lowest BCUT2D eigenvalue weighted by molar-refractivity contribution is 0.0502. The van der Waals surface area contributed by atoms with Gasteiger partial charge in [0, 0.05) is 25.8 Å². The summed E-state index contributed by atoms with van der Waals surface area (Å²) in [5.41, 5.74) is 1.35. The van der Waals surface area contributed by atoms with Crippen molar-refractivity contribution in [2.24, 2.45) is 0 Å². The molecule has 1 unspecified atom stereocenters. The Morgan fingerprint density at radius 2 is 2.14 bits per heavy atom. The summed E-state index contributed by atoms with van der Waals surface area (Å²) in [5.74, 6) is 0.504. The summed E-state index contributed by atoms with van der Waals surface area (Å²) in [6, 6.07) is 4.53. The number of aliphatic hydroxyl groups excluding tert-OH is 1. The molecule has 8 nitrogen and oxygen atoms in total. The van der Waals surface area contributed by atoms with Crippen LogP contribution >= 0.6 is 0 Å². The number of ether oxygens (including phenoxy) is 2. The predicted octanol–water partition coefficient (Wildman–Crippen LogP) is 2.42.